The average molecular weight is 398 g/mol. The fraction of sp³-hybridized carbons (Fsp3) is 0.435. The van der Waals surface area contributed by atoms with E-state index in [9.17, 15) is 5.11 Å². The number of hydrogen-bond donors (Lipinski definition) is 2. The SMILES string of the molecule is CCNC(=NCCc1ccc(Oc2ccc(OC)cc2)cc1)N1CCC(O)CC1. The lowest BCUT2D eigenvalue weighted by Gasteiger charge is -2.32. The number of hydrogen-bond acceptors (Lipinski definition) is 4. The second-order valence-electron chi connectivity index (χ2n) is 7.13. The molecule has 1 aliphatic rings. The van der Waals surface area contributed by atoms with Crippen molar-refractivity contribution in [3.05, 3.63) is 54.1 Å². The minimum absolute atomic E-state index is 0.173. The highest BCUT2D eigenvalue weighted by atomic mass is 16.5. The van der Waals surface area contributed by atoms with Crippen molar-refractivity contribution in [3.8, 4) is 17.2 Å². The molecule has 1 aliphatic heterocycles. The summed E-state index contributed by atoms with van der Waals surface area (Å²) in [4.78, 5) is 7.01. The molecule has 1 saturated heterocycles. The molecule has 0 bridgehead atoms. The van der Waals surface area contributed by atoms with E-state index in [0.717, 1.165) is 68.6 Å². The number of benzene rings is 2. The number of methoxy groups -OCH3 is 1. The van der Waals surface area contributed by atoms with Crippen molar-refractivity contribution in [1.82, 2.24) is 10.2 Å². The van der Waals surface area contributed by atoms with E-state index < -0.39 is 0 Å². The summed E-state index contributed by atoms with van der Waals surface area (Å²) in [5.41, 5.74) is 1.22. The van der Waals surface area contributed by atoms with Crippen LogP contribution in [0.15, 0.2) is 53.5 Å². The van der Waals surface area contributed by atoms with Crippen molar-refractivity contribution in [2.24, 2.45) is 4.99 Å². The molecule has 29 heavy (non-hydrogen) atoms. The highest BCUT2D eigenvalue weighted by Gasteiger charge is 2.19. The summed E-state index contributed by atoms with van der Waals surface area (Å²) < 4.78 is 11.0. The van der Waals surface area contributed by atoms with Crippen molar-refractivity contribution < 1.29 is 14.6 Å². The van der Waals surface area contributed by atoms with Gasteiger partial charge in [0.25, 0.3) is 0 Å². The van der Waals surface area contributed by atoms with Gasteiger partial charge in [0, 0.05) is 26.2 Å². The minimum Gasteiger partial charge on any atom is -0.497 e. The lowest BCUT2D eigenvalue weighted by Crippen LogP contribution is -2.46. The summed E-state index contributed by atoms with van der Waals surface area (Å²) in [6, 6.07) is 15.7. The zero-order chi connectivity index (χ0) is 20.5. The average Bonchev–Trinajstić information content (AvgIpc) is 2.75. The number of guanidine groups is 1. The van der Waals surface area contributed by atoms with Gasteiger partial charge in [0.15, 0.2) is 5.96 Å². The van der Waals surface area contributed by atoms with E-state index >= 15 is 0 Å². The number of nitrogens with zero attached hydrogens (tertiary/aromatic N) is 2. The van der Waals surface area contributed by atoms with Gasteiger partial charge in [-0.05, 0) is 68.1 Å². The Kier molecular flexibility index (Phi) is 7.76. The third-order valence-corrected chi connectivity index (χ3v) is 4.98. The lowest BCUT2D eigenvalue weighted by atomic mass is 10.1. The van der Waals surface area contributed by atoms with Crippen LogP contribution in [0.1, 0.15) is 25.3 Å². The van der Waals surface area contributed by atoms with Gasteiger partial charge in [-0.15, -0.1) is 0 Å². The zero-order valence-corrected chi connectivity index (χ0v) is 17.3. The van der Waals surface area contributed by atoms with Gasteiger partial charge in [0.1, 0.15) is 17.2 Å². The monoisotopic (exact) mass is 397 g/mol. The summed E-state index contributed by atoms with van der Waals surface area (Å²) in [7, 11) is 1.65. The number of aliphatic hydroxyl groups is 1. The molecule has 0 unspecified atom stereocenters. The zero-order valence-electron chi connectivity index (χ0n) is 17.3. The van der Waals surface area contributed by atoms with Crippen molar-refractivity contribution in [2.45, 2.75) is 32.3 Å². The van der Waals surface area contributed by atoms with Crippen LogP contribution >= 0.6 is 0 Å². The Morgan fingerprint density at radius 3 is 2.21 bits per heavy atom. The number of piperidine rings is 1. The molecule has 1 fully saturated rings. The first kappa shape index (κ1) is 21.0. The topological polar surface area (TPSA) is 66.3 Å². The molecule has 0 aromatic heterocycles. The summed E-state index contributed by atoms with van der Waals surface area (Å²) in [5, 5.41) is 13.1. The van der Waals surface area contributed by atoms with Crippen LogP contribution < -0.4 is 14.8 Å². The number of rotatable bonds is 7. The highest BCUT2D eigenvalue weighted by Crippen LogP contribution is 2.24. The predicted octanol–water partition coefficient (Wildman–Crippen LogP) is 3.45. The standard InChI is InChI=1S/C23H31N3O3/c1-3-24-23(26-16-13-19(27)14-17-26)25-15-12-18-4-6-21(7-5-18)29-22-10-8-20(28-2)9-11-22/h4-11,19,27H,3,12-17H2,1-2H3,(H,24,25). The quantitative estimate of drug-likeness (QED) is 0.553. The molecule has 0 radical (unpaired) electrons. The van der Waals surface area contributed by atoms with Crippen LogP contribution in [0.25, 0.3) is 0 Å². The van der Waals surface area contributed by atoms with Crippen LogP contribution in [-0.4, -0.2) is 55.4 Å². The molecule has 0 aliphatic carbocycles. The van der Waals surface area contributed by atoms with E-state index in [1.165, 1.54) is 5.56 Å². The number of nitrogens with one attached hydrogen (secondary N) is 1. The van der Waals surface area contributed by atoms with Gasteiger partial charge in [0.05, 0.1) is 13.2 Å². The van der Waals surface area contributed by atoms with Crippen molar-refractivity contribution in [1.29, 1.82) is 0 Å². The molecule has 0 saturated carbocycles. The number of likely N-dealkylation sites (tertiary alicyclic amines) is 1. The fourth-order valence-electron chi connectivity index (χ4n) is 3.30. The summed E-state index contributed by atoms with van der Waals surface area (Å²) in [6.45, 7) is 5.35. The molecule has 0 atom stereocenters. The summed E-state index contributed by atoms with van der Waals surface area (Å²) in [5.74, 6) is 3.34. The minimum atomic E-state index is -0.173. The van der Waals surface area contributed by atoms with Gasteiger partial charge in [-0.25, -0.2) is 0 Å². The molecule has 0 spiro atoms. The normalized spacial score (nSPS) is 15.3. The maximum Gasteiger partial charge on any atom is 0.193 e. The Labute approximate surface area is 173 Å². The van der Waals surface area contributed by atoms with Crippen LogP contribution in [0, 0.1) is 0 Å². The largest absolute Gasteiger partial charge is 0.497 e. The Morgan fingerprint density at radius 2 is 1.62 bits per heavy atom. The third-order valence-electron chi connectivity index (χ3n) is 4.98. The molecule has 2 aromatic carbocycles. The van der Waals surface area contributed by atoms with E-state index in [1.807, 2.05) is 36.4 Å². The predicted molar refractivity (Wildman–Crippen MR) is 116 cm³/mol. The van der Waals surface area contributed by atoms with Crippen LogP contribution in [0.5, 0.6) is 17.2 Å². The second kappa shape index (κ2) is 10.7. The van der Waals surface area contributed by atoms with E-state index in [1.54, 1.807) is 7.11 Å². The van der Waals surface area contributed by atoms with E-state index in [2.05, 4.69) is 29.3 Å². The molecule has 1 heterocycles. The van der Waals surface area contributed by atoms with E-state index in [-0.39, 0.29) is 6.10 Å². The molecule has 6 nitrogen and oxygen atoms in total. The van der Waals surface area contributed by atoms with Crippen LogP contribution in [0.3, 0.4) is 0 Å². The Balaban J connectivity index is 1.52. The van der Waals surface area contributed by atoms with Gasteiger partial charge < -0.3 is 24.8 Å². The van der Waals surface area contributed by atoms with E-state index in [0.29, 0.717) is 0 Å². The second-order valence-corrected chi connectivity index (χ2v) is 7.13. The highest BCUT2D eigenvalue weighted by molar-refractivity contribution is 5.80. The number of aliphatic imine (C=N–C) groups is 1. The van der Waals surface area contributed by atoms with Gasteiger partial charge in [0.2, 0.25) is 0 Å². The number of aliphatic hydroxyl groups excluding tert-OH is 1. The van der Waals surface area contributed by atoms with Gasteiger partial charge in [-0.1, -0.05) is 12.1 Å². The molecular weight excluding hydrogens is 366 g/mol. The lowest BCUT2D eigenvalue weighted by molar-refractivity contribution is 0.108. The molecule has 3 rings (SSSR count). The Bertz CT molecular complexity index is 767. The molecule has 156 valence electrons. The first-order valence-electron chi connectivity index (χ1n) is 10.3. The first-order chi connectivity index (χ1) is 14.2. The maximum absolute atomic E-state index is 9.70. The Morgan fingerprint density at radius 1 is 1.03 bits per heavy atom. The van der Waals surface area contributed by atoms with Crippen molar-refractivity contribution >= 4 is 5.96 Å². The molecule has 0 amide bonds. The van der Waals surface area contributed by atoms with Gasteiger partial charge in [-0.3, -0.25) is 4.99 Å². The van der Waals surface area contributed by atoms with Crippen molar-refractivity contribution in [2.75, 3.05) is 33.3 Å². The van der Waals surface area contributed by atoms with Crippen LogP contribution in [0.2, 0.25) is 0 Å². The first-order valence-corrected chi connectivity index (χ1v) is 10.3. The van der Waals surface area contributed by atoms with Crippen LogP contribution in [-0.2, 0) is 6.42 Å². The summed E-state index contributed by atoms with van der Waals surface area (Å²) >= 11 is 0. The molecule has 2 aromatic rings. The van der Waals surface area contributed by atoms with E-state index in [4.69, 9.17) is 14.5 Å². The Hall–Kier alpha value is -2.73. The smallest absolute Gasteiger partial charge is 0.193 e. The molecular formula is C23H31N3O3. The molecule has 2 N–H and O–H groups in total. The maximum atomic E-state index is 9.70. The van der Waals surface area contributed by atoms with Gasteiger partial charge in [-0.2, -0.15) is 0 Å². The van der Waals surface area contributed by atoms with Gasteiger partial charge >= 0.3 is 0 Å². The fourth-order valence-corrected chi connectivity index (χ4v) is 3.30. The third kappa shape index (κ3) is 6.39. The van der Waals surface area contributed by atoms with Crippen LogP contribution in [0.4, 0.5) is 0 Å². The summed E-state index contributed by atoms with van der Waals surface area (Å²) in [6.07, 6.45) is 2.31. The number of ether oxygens (including phenoxy) is 2. The van der Waals surface area contributed by atoms with Crippen molar-refractivity contribution in [3.63, 3.8) is 0 Å². The molecule has 6 heteroatoms.